The lowest BCUT2D eigenvalue weighted by atomic mass is 10.0. The molecule has 1 aliphatic heterocycles. The van der Waals surface area contributed by atoms with Gasteiger partial charge in [0.2, 0.25) is 0 Å². The molecule has 0 radical (unpaired) electrons. The van der Waals surface area contributed by atoms with E-state index in [0.717, 1.165) is 30.8 Å². The average Bonchev–Trinajstić information content (AvgIpc) is 2.54. The molecule has 2 rings (SSSR count). The van der Waals surface area contributed by atoms with Gasteiger partial charge in [-0.05, 0) is 24.1 Å². The number of amides is 1. The molecule has 23 heavy (non-hydrogen) atoms. The highest BCUT2D eigenvalue weighted by Crippen LogP contribution is 2.17. The van der Waals surface area contributed by atoms with Crippen LogP contribution in [0.2, 0.25) is 0 Å². The minimum absolute atomic E-state index is 0.0321. The number of hydrogen-bond acceptors (Lipinski definition) is 4. The highest BCUT2D eigenvalue weighted by molar-refractivity contribution is 9.10. The van der Waals surface area contributed by atoms with Crippen molar-refractivity contribution in [2.24, 2.45) is 5.92 Å². The molecule has 5 nitrogen and oxygen atoms in total. The molecule has 1 aromatic carbocycles. The van der Waals surface area contributed by atoms with E-state index < -0.39 is 0 Å². The summed E-state index contributed by atoms with van der Waals surface area (Å²) in [5.41, 5.74) is 0. The van der Waals surface area contributed by atoms with Gasteiger partial charge in [0.05, 0.1) is 13.2 Å². The molecule has 1 aromatic rings. The smallest absolute Gasteiger partial charge is 0.257 e. The van der Waals surface area contributed by atoms with Gasteiger partial charge in [-0.15, -0.1) is 0 Å². The van der Waals surface area contributed by atoms with Crippen LogP contribution in [0, 0.1) is 5.92 Å². The monoisotopic (exact) mass is 384 g/mol. The van der Waals surface area contributed by atoms with Crippen LogP contribution in [-0.4, -0.2) is 56.3 Å². The number of rotatable bonds is 7. The molecular weight excluding hydrogens is 360 g/mol. The van der Waals surface area contributed by atoms with Crippen LogP contribution >= 0.6 is 15.9 Å². The molecule has 1 amide bonds. The van der Waals surface area contributed by atoms with E-state index in [1.807, 2.05) is 24.3 Å². The molecule has 1 heterocycles. The molecule has 0 aliphatic carbocycles. The standard InChI is InChI=1S/C17H25BrN2O3/c1-13(2)16(20-6-8-22-9-7-20)11-19-17(21)12-23-15-5-3-4-14(18)10-15/h3-5,10,13,16H,6-9,11-12H2,1-2H3,(H,19,21). The second-order valence-electron chi connectivity index (χ2n) is 6.01. The Labute approximate surface area is 146 Å². The van der Waals surface area contributed by atoms with E-state index in [4.69, 9.17) is 9.47 Å². The Balaban J connectivity index is 1.77. The van der Waals surface area contributed by atoms with Crippen LogP contribution in [0.1, 0.15) is 13.8 Å². The molecule has 0 spiro atoms. The fourth-order valence-electron chi connectivity index (χ4n) is 2.67. The molecule has 1 N–H and O–H groups in total. The maximum absolute atomic E-state index is 12.0. The summed E-state index contributed by atoms with van der Waals surface area (Å²) in [5.74, 6) is 1.06. The number of ether oxygens (including phenoxy) is 2. The highest BCUT2D eigenvalue weighted by atomic mass is 79.9. The lowest BCUT2D eigenvalue weighted by Crippen LogP contribution is -2.51. The molecule has 0 aromatic heterocycles. The van der Waals surface area contributed by atoms with Crippen molar-refractivity contribution in [2.45, 2.75) is 19.9 Å². The third-order valence-corrected chi connectivity index (χ3v) is 4.45. The van der Waals surface area contributed by atoms with Crippen molar-refractivity contribution in [1.29, 1.82) is 0 Å². The number of nitrogens with one attached hydrogen (secondary N) is 1. The molecule has 0 saturated carbocycles. The normalized spacial score (nSPS) is 17.0. The first-order chi connectivity index (χ1) is 11.1. The van der Waals surface area contributed by atoms with Gasteiger partial charge in [0.15, 0.2) is 6.61 Å². The molecule has 1 aliphatic rings. The van der Waals surface area contributed by atoms with E-state index in [2.05, 4.69) is 40.0 Å². The van der Waals surface area contributed by atoms with Gasteiger partial charge < -0.3 is 14.8 Å². The predicted molar refractivity (Wildman–Crippen MR) is 93.7 cm³/mol. The van der Waals surface area contributed by atoms with Crippen molar-refractivity contribution in [3.63, 3.8) is 0 Å². The number of hydrogen-bond donors (Lipinski definition) is 1. The highest BCUT2D eigenvalue weighted by Gasteiger charge is 2.24. The first-order valence-corrected chi connectivity index (χ1v) is 8.82. The van der Waals surface area contributed by atoms with E-state index >= 15 is 0 Å². The van der Waals surface area contributed by atoms with Gasteiger partial charge in [-0.1, -0.05) is 35.8 Å². The van der Waals surface area contributed by atoms with Gasteiger partial charge in [-0.3, -0.25) is 9.69 Å². The number of morpholine rings is 1. The van der Waals surface area contributed by atoms with E-state index in [0.29, 0.717) is 24.3 Å². The summed E-state index contributed by atoms with van der Waals surface area (Å²) < 4.78 is 11.8. The predicted octanol–water partition coefficient (Wildman–Crippen LogP) is 2.30. The van der Waals surface area contributed by atoms with Crippen LogP contribution in [0.5, 0.6) is 5.75 Å². The Morgan fingerprint density at radius 3 is 2.78 bits per heavy atom. The number of nitrogens with zero attached hydrogens (tertiary/aromatic N) is 1. The average molecular weight is 385 g/mol. The summed E-state index contributed by atoms with van der Waals surface area (Å²) >= 11 is 3.38. The quantitative estimate of drug-likeness (QED) is 0.783. The number of benzene rings is 1. The van der Waals surface area contributed by atoms with Gasteiger partial charge in [-0.2, -0.15) is 0 Å². The number of halogens is 1. The zero-order valence-corrected chi connectivity index (χ0v) is 15.3. The summed E-state index contributed by atoms with van der Waals surface area (Å²) in [7, 11) is 0. The van der Waals surface area contributed by atoms with E-state index in [1.54, 1.807) is 0 Å². The third kappa shape index (κ3) is 6.12. The van der Waals surface area contributed by atoms with Gasteiger partial charge in [0.25, 0.3) is 5.91 Å². The fourth-order valence-corrected chi connectivity index (χ4v) is 3.05. The zero-order chi connectivity index (χ0) is 16.7. The Morgan fingerprint density at radius 2 is 2.13 bits per heavy atom. The summed E-state index contributed by atoms with van der Waals surface area (Å²) in [5, 5.41) is 2.99. The summed E-state index contributed by atoms with van der Waals surface area (Å²) in [6.07, 6.45) is 0. The van der Waals surface area contributed by atoms with Crippen molar-refractivity contribution in [1.82, 2.24) is 10.2 Å². The molecule has 1 fully saturated rings. The number of carbonyl (C=O) groups is 1. The molecule has 128 valence electrons. The van der Waals surface area contributed by atoms with Crippen LogP contribution < -0.4 is 10.1 Å². The van der Waals surface area contributed by atoms with Crippen molar-refractivity contribution in [3.05, 3.63) is 28.7 Å². The number of carbonyl (C=O) groups excluding carboxylic acids is 1. The van der Waals surface area contributed by atoms with Crippen molar-refractivity contribution < 1.29 is 14.3 Å². The van der Waals surface area contributed by atoms with Crippen LogP contribution in [0.4, 0.5) is 0 Å². The Morgan fingerprint density at radius 1 is 1.39 bits per heavy atom. The summed E-state index contributed by atoms with van der Waals surface area (Å²) in [4.78, 5) is 14.4. The van der Waals surface area contributed by atoms with E-state index in [1.165, 1.54) is 0 Å². The molecule has 1 unspecified atom stereocenters. The lowest BCUT2D eigenvalue weighted by Gasteiger charge is -2.36. The van der Waals surface area contributed by atoms with Crippen molar-refractivity contribution in [3.8, 4) is 5.75 Å². The largest absolute Gasteiger partial charge is 0.484 e. The first-order valence-electron chi connectivity index (χ1n) is 8.03. The van der Waals surface area contributed by atoms with Gasteiger partial charge in [0, 0.05) is 30.1 Å². The van der Waals surface area contributed by atoms with Gasteiger partial charge >= 0.3 is 0 Å². The molecule has 1 saturated heterocycles. The summed E-state index contributed by atoms with van der Waals surface area (Å²) in [6.45, 7) is 8.42. The lowest BCUT2D eigenvalue weighted by molar-refractivity contribution is -0.123. The molecule has 1 atom stereocenters. The van der Waals surface area contributed by atoms with Gasteiger partial charge in [0.1, 0.15) is 5.75 Å². The maximum Gasteiger partial charge on any atom is 0.257 e. The Hall–Kier alpha value is -1.11. The van der Waals surface area contributed by atoms with Crippen LogP contribution in [0.3, 0.4) is 0 Å². The zero-order valence-electron chi connectivity index (χ0n) is 13.8. The van der Waals surface area contributed by atoms with Crippen LogP contribution in [-0.2, 0) is 9.53 Å². The van der Waals surface area contributed by atoms with Crippen molar-refractivity contribution >= 4 is 21.8 Å². The Bertz CT molecular complexity index is 504. The first kappa shape index (κ1) is 18.2. The minimum atomic E-state index is -0.0936. The topological polar surface area (TPSA) is 50.8 Å². The van der Waals surface area contributed by atoms with E-state index in [-0.39, 0.29) is 12.5 Å². The van der Waals surface area contributed by atoms with Crippen LogP contribution in [0.25, 0.3) is 0 Å². The minimum Gasteiger partial charge on any atom is -0.484 e. The Kier molecular flexibility index (Phi) is 7.33. The van der Waals surface area contributed by atoms with E-state index in [9.17, 15) is 4.79 Å². The SMILES string of the molecule is CC(C)C(CNC(=O)COc1cccc(Br)c1)N1CCOCC1. The maximum atomic E-state index is 12.0. The molecule has 0 bridgehead atoms. The molecular formula is C17H25BrN2O3. The summed E-state index contributed by atoms with van der Waals surface area (Å²) in [6, 6.07) is 7.81. The fraction of sp³-hybridized carbons (Fsp3) is 0.588. The van der Waals surface area contributed by atoms with Gasteiger partial charge in [-0.25, -0.2) is 0 Å². The second-order valence-corrected chi connectivity index (χ2v) is 6.93. The van der Waals surface area contributed by atoms with Crippen LogP contribution in [0.15, 0.2) is 28.7 Å². The second kappa shape index (κ2) is 9.25. The third-order valence-electron chi connectivity index (χ3n) is 3.96. The molecule has 6 heteroatoms. The van der Waals surface area contributed by atoms with Crippen molar-refractivity contribution in [2.75, 3.05) is 39.5 Å².